The number of unbranched alkanes of at least 4 members (excludes halogenated alkanes) is 11. The number of ether oxygens (including phenoxy) is 2. The zero-order valence-electron chi connectivity index (χ0n) is 38.2. The number of carbonyl (C=O) groups excluding carboxylic acids is 2. The van der Waals surface area contributed by atoms with Crippen molar-refractivity contribution in [3.63, 3.8) is 0 Å². The molecule has 0 saturated heterocycles. The number of hydrogen-bond acceptors (Lipinski definition) is 5. The van der Waals surface area contributed by atoms with Crippen LogP contribution in [0.2, 0.25) is 0 Å². The van der Waals surface area contributed by atoms with Crippen LogP contribution in [0, 0.1) is 0 Å². The molecule has 0 heterocycles. The third-order valence-corrected chi connectivity index (χ3v) is 9.43. The van der Waals surface area contributed by atoms with Gasteiger partial charge in [0.2, 0.25) is 0 Å². The smallest absolute Gasteiger partial charge is 0.306 e. The minimum atomic E-state index is -0.816. The second kappa shape index (κ2) is 49.4. The fraction of sp³-hybridized carbons (Fsp3) is 0.564. The number of allylic oxidation sites excluding steroid dienone is 22. The Morgan fingerprint density at radius 2 is 0.733 bits per heavy atom. The molecule has 0 aromatic heterocycles. The van der Waals surface area contributed by atoms with Crippen molar-refractivity contribution >= 4 is 11.9 Å². The molecule has 1 N–H and O–H groups in total. The van der Waals surface area contributed by atoms with Crippen molar-refractivity contribution in [1.29, 1.82) is 0 Å². The van der Waals surface area contributed by atoms with Crippen molar-refractivity contribution < 1.29 is 24.2 Å². The monoisotopic (exact) mass is 827 g/mol. The predicted octanol–water partition coefficient (Wildman–Crippen LogP) is 15.7. The molecule has 0 aromatic rings. The molecular formula is C55H86O5. The van der Waals surface area contributed by atoms with Crippen molar-refractivity contribution in [2.24, 2.45) is 0 Å². The lowest BCUT2D eigenvalue weighted by Crippen LogP contribution is -2.28. The Labute approximate surface area is 368 Å². The van der Waals surface area contributed by atoms with Crippen LogP contribution in [0.5, 0.6) is 0 Å². The van der Waals surface area contributed by atoms with E-state index in [0.717, 1.165) is 96.3 Å². The van der Waals surface area contributed by atoms with Crippen molar-refractivity contribution in [2.45, 2.75) is 187 Å². The average Bonchev–Trinajstić information content (AvgIpc) is 3.25. The Kier molecular flexibility index (Phi) is 46.1. The maximum atomic E-state index is 12.2. The maximum absolute atomic E-state index is 12.2. The number of rotatable bonds is 41. The normalized spacial score (nSPS) is 13.4. The Morgan fingerprint density at radius 3 is 1.13 bits per heavy atom. The summed E-state index contributed by atoms with van der Waals surface area (Å²) in [5, 5.41) is 9.59. The largest absolute Gasteiger partial charge is 0.462 e. The summed E-state index contributed by atoms with van der Waals surface area (Å²) >= 11 is 0. The molecule has 5 nitrogen and oxygen atoms in total. The quantitative estimate of drug-likeness (QED) is 0.0378. The van der Waals surface area contributed by atoms with E-state index in [1.807, 2.05) is 0 Å². The number of carbonyl (C=O) groups is 2. The van der Waals surface area contributed by atoms with E-state index in [-0.39, 0.29) is 31.6 Å². The van der Waals surface area contributed by atoms with Gasteiger partial charge in [0.15, 0.2) is 6.10 Å². The summed E-state index contributed by atoms with van der Waals surface area (Å²) in [7, 11) is 0. The fourth-order valence-corrected chi connectivity index (χ4v) is 5.88. The number of aliphatic hydroxyl groups is 1. The molecule has 0 aliphatic rings. The van der Waals surface area contributed by atoms with E-state index >= 15 is 0 Å². The Bertz CT molecular complexity index is 1300. The summed E-state index contributed by atoms with van der Waals surface area (Å²) in [6, 6.07) is 0. The first-order valence-electron chi connectivity index (χ1n) is 23.7. The molecule has 0 aliphatic carbocycles. The summed E-state index contributed by atoms with van der Waals surface area (Å²) in [6.45, 7) is 3.93. The summed E-state index contributed by atoms with van der Waals surface area (Å²) in [5.74, 6) is -0.682. The third-order valence-electron chi connectivity index (χ3n) is 9.43. The van der Waals surface area contributed by atoms with E-state index in [4.69, 9.17) is 9.47 Å². The van der Waals surface area contributed by atoms with Gasteiger partial charge in [0.1, 0.15) is 6.61 Å². The maximum Gasteiger partial charge on any atom is 0.306 e. The van der Waals surface area contributed by atoms with Crippen molar-refractivity contribution in [3.05, 3.63) is 134 Å². The summed E-state index contributed by atoms with van der Waals surface area (Å²) in [5.41, 5.74) is 0. The summed E-state index contributed by atoms with van der Waals surface area (Å²) in [4.78, 5) is 24.4. The predicted molar refractivity (Wildman–Crippen MR) is 260 cm³/mol. The van der Waals surface area contributed by atoms with Gasteiger partial charge in [-0.1, -0.05) is 192 Å². The van der Waals surface area contributed by atoms with Gasteiger partial charge in [0, 0.05) is 12.8 Å². The molecule has 0 bridgehead atoms. The highest BCUT2D eigenvalue weighted by Gasteiger charge is 2.16. The molecule has 0 amide bonds. The number of esters is 2. The van der Waals surface area contributed by atoms with Gasteiger partial charge in [-0.2, -0.15) is 0 Å². The van der Waals surface area contributed by atoms with Crippen LogP contribution in [-0.2, 0) is 19.1 Å². The fourth-order valence-electron chi connectivity index (χ4n) is 5.88. The highest BCUT2D eigenvalue weighted by molar-refractivity contribution is 5.70. The zero-order valence-corrected chi connectivity index (χ0v) is 38.2. The van der Waals surface area contributed by atoms with E-state index in [2.05, 4.69) is 148 Å². The molecule has 0 rings (SSSR count). The van der Waals surface area contributed by atoms with Gasteiger partial charge in [0.25, 0.3) is 0 Å². The van der Waals surface area contributed by atoms with Crippen LogP contribution in [0.1, 0.15) is 181 Å². The van der Waals surface area contributed by atoms with Gasteiger partial charge >= 0.3 is 11.9 Å². The topological polar surface area (TPSA) is 72.8 Å². The molecule has 1 unspecified atom stereocenters. The van der Waals surface area contributed by atoms with E-state index in [1.54, 1.807) is 0 Å². The molecule has 1 atom stereocenters. The molecule has 0 aromatic carbocycles. The summed E-state index contributed by atoms with van der Waals surface area (Å²) < 4.78 is 10.6. The number of hydrogen-bond donors (Lipinski definition) is 1. The lowest BCUT2D eigenvalue weighted by molar-refractivity contribution is -0.161. The third kappa shape index (κ3) is 46.7. The minimum absolute atomic E-state index is 0.102. The van der Waals surface area contributed by atoms with Crippen LogP contribution in [0.15, 0.2) is 134 Å². The molecule has 0 radical (unpaired) electrons. The Morgan fingerprint density at radius 1 is 0.400 bits per heavy atom. The van der Waals surface area contributed by atoms with Gasteiger partial charge < -0.3 is 14.6 Å². The molecule has 60 heavy (non-hydrogen) atoms. The van der Waals surface area contributed by atoms with Crippen LogP contribution in [0.3, 0.4) is 0 Å². The van der Waals surface area contributed by atoms with Gasteiger partial charge in [-0.15, -0.1) is 0 Å². The zero-order chi connectivity index (χ0) is 43.5. The lowest BCUT2D eigenvalue weighted by atomic mass is 10.1. The van der Waals surface area contributed by atoms with Gasteiger partial charge in [-0.05, 0) is 109 Å². The Balaban J connectivity index is 3.73. The lowest BCUT2D eigenvalue weighted by Gasteiger charge is -2.15. The second-order valence-electron chi connectivity index (χ2n) is 15.1. The van der Waals surface area contributed by atoms with E-state index in [9.17, 15) is 14.7 Å². The van der Waals surface area contributed by atoms with Crippen molar-refractivity contribution in [3.8, 4) is 0 Å². The average molecular weight is 827 g/mol. The van der Waals surface area contributed by atoms with Crippen molar-refractivity contribution in [2.75, 3.05) is 13.2 Å². The molecule has 0 spiro atoms. The first-order valence-corrected chi connectivity index (χ1v) is 23.7. The van der Waals surface area contributed by atoms with Gasteiger partial charge in [-0.25, -0.2) is 0 Å². The highest BCUT2D eigenvalue weighted by atomic mass is 16.6. The van der Waals surface area contributed by atoms with Crippen molar-refractivity contribution in [1.82, 2.24) is 0 Å². The highest BCUT2D eigenvalue weighted by Crippen LogP contribution is 2.11. The van der Waals surface area contributed by atoms with Crippen LogP contribution in [-0.4, -0.2) is 36.4 Å². The Hall–Kier alpha value is -3.96. The van der Waals surface area contributed by atoms with Gasteiger partial charge in [-0.3, -0.25) is 9.59 Å². The van der Waals surface area contributed by atoms with E-state index in [0.29, 0.717) is 12.8 Å². The van der Waals surface area contributed by atoms with Crippen LogP contribution in [0.4, 0.5) is 0 Å². The first-order chi connectivity index (χ1) is 29.6. The minimum Gasteiger partial charge on any atom is -0.462 e. The SMILES string of the molecule is CC/C=C\C/C=C\C/C=C\C/C=C\C/C=C\C/C=C\C/C=C\C/C=C\C/C=C\CCCC(=O)OC(CO)COC(=O)CCCCCCCCC/C=C\C/C=C\CCCCC. The van der Waals surface area contributed by atoms with Crippen LogP contribution >= 0.6 is 0 Å². The molecule has 0 saturated carbocycles. The standard InChI is InChI=1S/C55H86O5/c1-3-5-7-9-11-13-15-17-19-21-22-23-24-25-26-27-28-29-30-31-32-34-36-38-40-42-44-46-48-50-55(58)60-53(51-56)52-59-54(57)49-47-45-43-41-39-37-35-33-20-18-16-14-12-10-8-6-4-2/h5,7,11-14,17-20,22-23,25-26,28-29,31-32,36,38,42,44,53,56H,3-4,6,8-10,15-16,21,24,27,30,33-35,37,39-41,43,45-52H2,1-2H3/b7-5-,13-11-,14-12-,19-17-,20-18-,23-22-,26-25-,29-28-,32-31-,38-36-,44-42-. The summed E-state index contributed by atoms with van der Waals surface area (Å²) in [6.07, 6.45) is 73.9. The van der Waals surface area contributed by atoms with Gasteiger partial charge in [0.05, 0.1) is 6.61 Å². The molecular weight excluding hydrogens is 741 g/mol. The molecule has 0 aliphatic heterocycles. The van der Waals surface area contributed by atoms with E-state index in [1.165, 1.54) is 51.4 Å². The van der Waals surface area contributed by atoms with Crippen LogP contribution in [0.25, 0.3) is 0 Å². The van der Waals surface area contributed by atoms with Crippen LogP contribution < -0.4 is 0 Å². The first kappa shape index (κ1) is 56.0. The van der Waals surface area contributed by atoms with E-state index < -0.39 is 6.10 Å². The molecule has 336 valence electrons. The molecule has 0 fully saturated rings. The second-order valence-corrected chi connectivity index (χ2v) is 15.1. The number of aliphatic hydroxyl groups excluding tert-OH is 1. The molecule has 5 heteroatoms.